The van der Waals surface area contributed by atoms with E-state index < -0.39 is 0 Å². The van der Waals surface area contributed by atoms with Crippen LogP contribution < -0.4 is 5.73 Å². The van der Waals surface area contributed by atoms with E-state index in [-0.39, 0.29) is 6.04 Å². The summed E-state index contributed by atoms with van der Waals surface area (Å²) in [4.78, 5) is 0. The monoisotopic (exact) mass is 307 g/mol. The number of furan rings is 1. The van der Waals surface area contributed by atoms with Crippen molar-refractivity contribution in [2.24, 2.45) is 5.73 Å². The van der Waals surface area contributed by atoms with Crippen molar-refractivity contribution in [2.75, 3.05) is 0 Å². The van der Waals surface area contributed by atoms with Crippen LogP contribution >= 0.6 is 15.9 Å². The second-order valence-electron chi connectivity index (χ2n) is 4.37. The molecule has 1 heterocycles. The molecular formula is C15H18BrNO. The molecule has 0 amide bonds. The summed E-state index contributed by atoms with van der Waals surface area (Å²) in [5.74, 6) is 0. The first-order valence-corrected chi connectivity index (χ1v) is 7.06. The van der Waals surface area contributed by atoms with E-state index in [0.717, 1.165) is 23.1 Å². The largest absolute Gasteiger partial charge is 0.457 e. The summed E-state index contributed by atoms with van der Waals surface area (Å²) >= 11 is 3.40. The van der Waals surface area contributed by atoms with E-state index in [1.807, 2.05) is 6.07 Å². The number of hydrogen-bond acceptors (Lipinski definition) is 2. The van der Waals surface area contributed by atoms with E-state index in [9.17, 15) is 0 Å². The van der Waals surface area contributed by atoms with Crippen LogP contribution in [0.1, 0.15) is 42.1 Å². The SMILES string of the molecule is CCc1ccc(CC)c(C(N)c2ccoc2Br)c1. The van der Waals surface area contributed by atoms with Crippen molar-refractivity contribution < 1.29 is 4.42 Å². The van der Waals surface area contributed by atoms with Gasteiger partial charge in [0.05, 0.1) is 12.3 Å². The third-order valence-corrected chi connectivity index (χ3v) is 3.96. The molecule has 1 aromatic heterocycles. The topological polar surface area (TPSA) is 39.2 Å². The fourth-order valence-corrected chi connectivity index (χ4v) is 2.66. The van der Waals surface area contributed by atoms with Crippen molar-refractivity contribution in [3.05, 3.63) is 57.5 Å². The van der Waals surface area contributed by atoms with Crippen LogP contribution in [0.2, 0.25) is 0 Å². The zero-order valence-corrected chi connectivity index (χ0v) is 12.3. The van der Waals surface area contributed by atoms with Crippen molar-refractivity contribution in [3.63, 3.8) is 0 Å². The van der Waals surface area contributed by atoms with Gasteiger partial charge in [0, 0.05) is 5.56 Å². The first-order valence-electron chi connectivity index (χ1n) is 6.27. The van der Waals surface area contributed by atoms with Gasteiger partial charge in [-0.2, -0.15) is 0 Å². The lowest BCUT2D eigenvalue weighted by Crippen LogP contribution is -2.14. The van der Waals surface area contributed by atoms with Crippen LogP contribution in [-0.2, 0) is 12.8 Å². The van der Waals surface area contributed by atoms with Crippen molar-refractivity contribution in [2.45, 2.75) is 32.7 Å². The average molecular weight is 308 g/mol. The second kappa shape index (κ2) is 5.72. The summed E-state index contributed by atoms with van der Waals surface area (Å²) in [6, 6.07) is 8.36. The number of benzene rings is 1. The van der Waals surface area contributed by atoms with Gasteiger partial charge in [0.1, 0.15) is 0 Å². The molecule has 2 rings (SSSR count). The highest BCUT2D eigenvalue weighted by molar-refractivity contribution is 9.10. The third kappa shape index (κ3) is 2.52. The summed E-state index contributed by atoms with van der Waals surface area (Å²) in [6.45, 7) is 4.31. The molecule has 3 heteroatoms. The lowest BCUT2D eigenvalue weighted by Gasteiger charge is -2.16. The van der Waals surface area contributed by atoms with E-state index in [0.29, 0.717) is 0 Å². The first kappa shape index (κ1) is 13.4. The van der Waals surface area contributed by atoms with Gasteiger partial charge in [0.15, 0.2) is 4.67 Å². The predicted octanol–water partition coefficient (Wildman–Crippen LogP) is 4.22. The summed E-state index contributed by atoms with van der Waals surface area (Å²) in [6.07, 6.45) is 3.67. The van der Waals surface area contributed by atoms with Gasteiger partial charge in [-0.25, -0.2) is 0 Å². The lowest BCUT2D eigenvalue weighted by atomic mass is 9.93. The molecule has 0 radical (unpaired) electrons. The number of hydrogen-bond donors (Lipinski definition) is 1. The number of nitrogens with two attached hydrogens (primary N) is 1. The normalized spacial score (nSPS) is 12.7. The Morgan fingerprint density at radius 2 is 1.94 bits per heavy atom. The third-order valence-electron chi connectivity index (χ3n) is 3.32. The Kier molecular flexibility index (Phi) is 4.25. The van der Waals surface area contributed by atoms with Gasteiger partial charge in [0.25, 0.3) is 0 Å². The Balaban J connectivity index is 2.45. The van der Waals surface area contributed by atoms with Gasteiger partial charge in [0.2, 0.25) is 0 Å². The highest BCUT2D eigenvalue weighted by Crippen LogP contribution is 2.30. The highest BCUT2D eigenvalue weighted by atomic mass is 79.9. The Bertz CT molecular complexity index is 533. The van der Waals surface area contributed by atoms with E-state index in [4.69, 9.17) is 10.2 Å². The van der Waals surface area contributed by atoms with Crippen molar-refractivity contribution in [1.29, 1.82) is 0 Å². The molecule has 2 nitrogen and oxygen atoms in total. The highest BCUT2D eigenvalue weighted by Gasteiger charge is 2.17. The Morgan fingerprint density at radius 1 is 1.17 bits per heavy atom. The molecule has 18 heavy (non-hydrogen) atoms. The molecule has 2 N–H and O–H groups in total. The van der Waals surface area contributed by atoms with Gasteiger partial charge in [-0.05, 0) is 51.5 Å². The standard InChI is InChI=1S/C15H18BrNO/c1-3-10-5-6-11(4-2)13(9-10)14(17)12-7-8-18-15(12)16/h5-9,14H,3-4,17H2,1-2H3. The molecule has 0 saturated heterocycles. The fourth-order valence-electron chi connectivity index (χ4n) is 2.17. The molecule has 0 bridgehead atoms. The van der Waals surface area contributed by atoms with Gasteiger partial charge >= 0.3 is 0 Å². The Labute approximate surface area is 116 Å². The fraction of sp³-hybridized carbons (Fsp3) is 0.333. The zero-order chi connectivity index (χ0) is 13.1. The zero-order valence-electron chi connectivity index (χ0n) is 10.7. The average Bonchev–Trinajstić information content (AvgIpc) is 2.83. The molecule has 0 aliphatic heterocycles. The van der Waals surface area contributed by atoms with Crippen LogP contribution in [0.5, 0.6) is 0 Å². The molecular weight excluding hydrogens is 290 g/mol. The molecule has 0 saturated carbocycles. The summed E-state index contributed by atoms with van der Waals surface area (Å²) in [5.41, 5.74) is 11.2. The number of aryl methyl sites for hydroxylation is 2. The summed E-state index contributed by atoms with van der Waals surface area (Å²) in [5, 5.41) is 0. The predicted molar refractivity (Wildman–Crippen MR) is 77.6 cm³/mol. The molecule has 0 aliphatic carbocycles. The van der Waals surface area contributed by atoms with Crippen molar-refractivity contribution >= 4 is 15.9 Å². The van der Waals surface area contributed by atoms with Crippen molar-refractivity contribution in [1.82, 2.24) is 0 Å². The van der Waals surface area contributed by atoms with Crippen LogP contribution in [0.3, 0.4) is 0 Å². The van der Waals surface area contributed by atoms with Crippen LogP contribution in [-0.4, -0.2) is 0 Å². The Morgan fingerprint density at radius 3 is 2.50 bits per heavy atom. The van der Waals surface area contributed by atoms with E-state index in [2.05, 4.69) is 48.0 Å². The number of halogens is 1. The quantitative estimate of drug-likeness (QED) is 0.918. The van der Waals surface area contributed by atoms with E-state index >= 15 is 0 Å². The first-order chi connectivity index (χ1) is 8.67. The van der Waals surface area contributed by atoms with Gasteiger partial charge in [-0.3, -0.25) is 0 Å². The molecule has 0 aliphatic rings. The summed E-state index contributed by atoms with van der Waals surface area (Å²) in [7, 11) is 0. The molecule has 0 spiro atoms. The molecule has 1 unspecified atom stereocenters. The maximum absolute atomic E-state index is 6.37. The molecule has 0 fully saturated rings. The minimum Gasteiger partial charge on any atom is -0.457 e. The molecule has 96 valence electrons. The maximum Gasteiger partial charge on any atom is 0.174 e. The van der Waals surface area contributed by atoms with E-state index in [1.165, 1.54) is 16.7 Å². The van der Waals surface area contributed by atoms with Gasteiger partial charge < -0.3 is 10.2 Å². The molecule has 1 atom stereocenters. The Hall–Kier alpha value is -1.06. The van der Waals surface area contributed by atoms with E-state index in [1.54, 1.807) is 6.26 Å². The smallest absolute Gasteiger partial charge is 0.174 e. The number of rotatable bonds is 4. The summed E-state index contributed by atoms with van der Waals surface area (Å²) < 4.78 is 6.00. The minimum atomic E-state index is -0.139. The van der Waals surface area contributed by atoms with Crippen molar-refractivity contribution in [3.8, 4) is 0 Å². The van der Waals surface area contributed by atoms with Crippen LogP contribution in [0.25, 0.3) is 0 Å². The minimum absolute atomic E-state index is 0.139. The van der Waals surface area contributed by atoms with Crippen LogP contribution in [0.15, 0.2) is 39.6 Å². The molecule has 1 aromatic carbocycles. The van der Waals surface area contributed by atoms with Crippen LogP contribution in [0.4, 0.5) is 0 Å². The van der Waals surface area contributed by atoms with Gasteiger partial charge in [-0.1, -0.05) is 32.0 Å². The lowest BCUT2D eigenvalue weighted by molar-refractivity contribution is 0.534. The molecule has 2 aromatic rings. The van der Waals surface area contributed by atoms with Gasteiger partial charge in [-0.15, -0.1) is 0 Å². The maximum atomic E-state index is 6.37. The van der Waals surface area contributed by atoms with Crippen LogP contribution in [0, 0.1) is 0 Å². The second-order valence-corrected chi connectivity index (χ2v) is 5.09.